The molecule has 0 saturated carbocycles. The van der Waals surface area contributed by atoms with Crippen molar-refractivity contribution in [3.05, 3.63) is 53.9 Å². The van der Waals surface area contributed by atoms with Gasteiger partial charge in [-0.3, -0.25) is 0 Å². The van der Waals surface area contributed by atoms with Crippen LogP contribution in [0.5, 0.6) is 5.88 Å². The second kappa shape index (κ2) is 6.71. The summed E-state index contributed by atoms with van der Waals surface area (Å²) in [4.78, 5) is 9.62. The predicted octanol–water partition coefficient (Wildman–Crippen LogP) is 5.03. The number of fused-ring (bicyclic) bond motifs is 1. The van der Waals surface area contributed by atoms with E-state index in [9.17, 15) is 0 Å². The van der Waals surface area contributed by atoms with Crippen LogP contribution in [0.2, 0.25) is 0 Å². The molecule has 4 heteroatoms. The van der Waals surface area contributed by atoms with Crippen molar-refractivity contribution in [3.8, 4) is 17.1 Å². The molecule has 0 fully saturated rings. The molecular formula is C21H25N3O. The Kier molecular flexibility index (Phi) is 4.62. The van der Waals surface area contributed by atoms with E-state index in [2.05, 4.69) is 68.2 Å². The summed E-state index contributed by atoms with van der Waals surface area (Å²) in [5, 5.41) is 0. The smallest absolute Gasteiger partial charge is 0.222 e. The van der Waals surface area contributed by atoms with Crippen molar-refractivity contribution in [3.63, 3.8) is 0 Å². The van der Waals surface area contributed by atoms with Crippen molar-refractivity contribution in [1.82, 2.24) is 14.5 Å². The van der Waals surface area contributed by atoms with E-state index in [1.54, 1.807) is 7.11 Å². The van der Waals surface area contributed by atoms with Gasteiger partial charge in [0.15, 0.2) is 0 Å². The highest BCUT2D eigenvalue weighted by Gasteiger charge is 2.16. The van der Waals surface area contributed by atoms with Crippen LogP contribution in [-0.2, 0) is 6.54 Å². The third-order valence-electron chi connectivity index (χ3n) is 4.47. The molecule has 3 heterocycles. The van der Waals surface area contributed by atoms with E-state index in [1.807, 2.05) is 6.08 Å². The highest BCUT2D eigenvalue weighted by molar-refractivity contribution is 5.85. The van der Waals surface area contributed by atoms with Crippen LogP contribution in [0.4, 0.5) is 0 Å². The fourth-order valence-corrected chi connectivity index (χ4v) is 3.15. The number of aromatic nitrogens is 3. The molecule has 130 valence electrons. The Morgan fingerprint density at radius 2 is 1.96 bits per heavy atom. The van der Waals surface area contributed by atoms with Gasteiger partial charge in [-0.25, -0.2) is 9.97 Å². The average Bonchev–Trinajstić information content (AvgIpc) is 2.89. The number of rotatable bonds is 5. The van der Waals surface area contributed by atoms with Gasteiger partial charge in [-0.1, -0.05) is 19.9 Å². The molecule has 0 radical (unpaired) electrons. The topological polar surface area (TPSA) is 39.9 Å². The molecule has 0 unspecified atom stereocenters. The third-order valence-corrected chi connectivity index (χ3v) is 4.47. The zero-order valence-corrected chi connectivity index (χ0v) is 15.6. The zero-order chi connectivity index (χ0) is 18.1. The first kappa shape index (κ1) is 17.2. The lowest BCUT2D eigenvalue weighted by Crippen LogP contribution is -2.00. The van der Waals surface area contributed by atoms with Crippen LogP contribution in [0.15, 0.2) is 37.1 Å². The van der Waals surface area contributed by atoms with Crippen LogP contribution in [0.3, 0.4) is 0 Å². The molecule has 0 N–H and O–H groups in total. The minimum atomic E-state index is 0.356. The van der Waals surface area contributed by atoms with Crippen molar-refractivity contribution >= 4 is 11.0 Å². The number of nitrogens with zero attached hydrogens (tertiary/aromatic N) is 3. The molecule has 0 aliphatic rings. The molecule has 0 aliphatic carbocycles. The number of hydrogen-bond donors (Lipinski definition) is 0. The van der Waals surface area contributed by atoms with Gasteiger partial charge in [0.1, 0.15) is 0 Å². The minimum Gasteiger partial charge on any atom is -0.480 e. The molecule has 4 nitrogen and oxygen atoms in total. The average molecular weight is 335 g/mol. The lowest BCUT2D eigenvalue weighted by atomic mass is 10.0. The summed E-state index contributed by atoms with van der Waals surface area (Å²) in [6.45, 7) is 13.0. The van der Waals surface area contributed by atoms with E-state index in [4.69, 9.17) is 9.72 Å². The Labute approximate surface area is 149 Å². The summed E-state index contributed by atoms with van der Waals surface area (Å²) in [5.74, 6) is 0.985. The number of aryl methyl sites for hydroxylation is 2. The van der Waals surface area contributed by atoms with Crippen LogP contribution in [0.1, 0.15) is 36.6 Å². The lowest BCUT2D eigenvalue weighted by molar-refractivity contribution is 0.397. The number of hydrogen-bond acceptors (Lipinski definition) is 3. The van der Waals surface area contributed by atoms with Gasteiger partial charge in [-0.2, -0.15) is 0 Å². The Balaban J connectivity index is 2.21. The Morgan fingerprint density at radius 3 is 2.60 bits per heavy atom. The predicted molar refractivity (Wildman–Crippen MR) is 103 cm³/mol. The molecule has 3 rings (SSSR count). The van der Waals surface area contributed by atoms with Crippen molar-refractivity contribution in [1.29, 1.82) is 0 Å². The number of methoxy groups -OCH3 is 1. The van der Waals surface area contributed by atoms with Crippen molar-refractivity contribution in [2.75, 3.05) is 7.11 Å². The van der Waals surface area contributed by atoms with Gasteiger partial charge in [0.05, 0.1) is 29.4 Å². The van der Waals surface area contributed by atoms with E-state index in [0.717, 1.165) is 45.7 Å². The second-order valence-electron chi connectivity index (χ2n) is 6.72. The standard InChI is InChI=1S/C21H25N3O/c1-7-10-24-12-15(5)20-18(24)11-14(4)19(23-20)16-8-9-17(13(2)3)22-21(16)25-6/h7-9,11-13H,1,10H2,2-6H3. The van der Waals surface area contributed by atoms with E-state index in [-0.39, 0.29) is 0 Å². The van der Waals surface area contributed by atoms with E-state index in [0.29, 0.717) is 11.8 Å². The van der Waals surface area contributed by atoms with Gasteiger partial charge >= 0.3 is 0 Å². The van der Waals surface area contributed by atoms with E-state index < -0.39 is 0 Å². The Morgan fingerprint density at radius 1 is 1.20 bits per heavy atom. The molecular weight excluding hydrogens is 310 g/mol. The second-order valence-corrected chi connectivity index (χ2v) is 6.72. The normalized spacial score (nSPS) is 11.3. The summed E-state index contributed by atoms with van der Waals surface area (Å²) >= 11 is 0. The van der Waals surface area contributed by atoms with E-state index >= 15 is 0 Å². The molecule has 0 saturated heterocycles. The molecule has 3 aromatic rings. The molecule has 3 aromatic heterocycles. The first-order chi connectivity index (χ1) is 12.0. The zero-order valence-electron chi connectivity index (χ0n) is 15.6. The summed E-state index contributed by atoms with van der Waals surface area (Å²) in [6, 6.07) is 6.31. The van der Waals surface area contributed by atoms with Crippen molar-refractivity contribution in [2.45, 2.75) is 40.2 Å². The van der Waals surface area contributed by atoms with Gasteiger partial charge < -0.3 is 9.30 Å². The molecule has 0 amide bonds. The molecule has 0 aromatic carbocycles. The summed E-state index contributed by atoms with van der Waals surface area (Å²) in [6.07, 6.45) is 4.03. The highest BCUT2D eigenvalue weighted by Crippen LogP contribution is 2.33. The first-order valence-electron chi connectivity index (χ1n) is 8.59. The minimum absolute atomic E-state index is 0.356. The number of ether oxygens (including phenoxy) is 1. The van der Waals surface area contributed by atoms with Crippen LogP contribution in [-0.4, -0.2) is 21.6 Å². The fraction of sp³-hybridized carbons (Fsp3) is 0.333. The first-order valence-corrected chi connectivity index (χ1v) is 8.59. The summed E-state index contributed by atoms with van der Waals surface area (Å²) < 4.78 is 7.74. The maximum Gasteiger partial charge on any atom is 0.222 e. The SMILES string of the molecule is C=CCn1cc(C)c2nc(-c3ccc(C(C)C)nc3OC)c(C)cc21. The summed E-state index contributed by atoms with van der Waals surface area (Å²) in [5.41, 5.74) is 7.28. The van der Waals surface area contributed by atoms with Crippen LogP contribution in [0.25, 0.3) is 22.3 Å². The fourth-order valence-electron chi connectivity index (χ4n) is 3.15. The van der Waals surface area contributed by atoms with Gasteiger partial charge in [-0.05, 0) is 49.1 Å². The van der Waals surface area contributed by atoms with Gasteiger partial charge in [0, 0.05) is 18.4 Å². The molecule has 25 heavy (non-hydrogen) atoms. The van der Waals surface area contributed by atoms with Crippen molar-refractivity contribution in [2.24, 2.45) is 0 Å². The summed E-state index contributed by atoms with van der Waals surface area (Å²) in [7, 11) is 1.66. The monoisotopic (exact) mass is 335 g/mol. The van der Waals surface area contributed by atoms with Gasteiger partial charge in [0.25, 0.3) is 0 Å². The largest absolute Gasteiger partial charge is 0.480 e. The van der Waals surface area contributed by atoms with Gasteiger partial charge in [-0.15, -0.1) is 6.58 Å². The number of pyridine rings is 2. The van der Waals surface area contributed by atoms with Gasteiger partial charge in [0.2, 0.25) is 5.88 Å². The molecule has 0 spiro atoms. The quantitative estimate of drug-likeness (QED) is 0.614. The third kappa shape index (κ3) is 3.04. The number of allylic oxidation sites excluding steroid dienone is 1. The maximum atomic E-state index is 5.56. The van der Waals surface area contributed by atoms with E-state index in [1.165, 1.54) is 0 Å². The molecule has 0 atom stereocenters. The molecule has 0 aliphatic heterocycles. The highest BCUT2D eigenvalue weighted by atomic mass is 16.5. The molecule has 0 bridgehead atoms. The Bertz CT molecular complexity index is 938. The van der Waals surface area contributed by atoms with Crippen LogP contribution in [0, 0.1) is 13.8 Å². The van der Waals surface area contributed by atoms with Crippen LogP contribution >= 0.6 is 0 Å². The Hall–Kier alpha value is -2.62. The van der Waals surface area contributed by atoms with Crippen LogP contribution < -0.4 is 4.74 Å². The van der Waals surface area contributed by atoms with Crippen molar-refractivity contribution < 1.29 is 4.74 Å². The lowest BCUT2D eigenvalue weighted by Gasteiger charge is -2.13. The maximum absolute atomic E-state index is 5.56.